The molecule has 0 aliphatic heterocycles. The smallest absolute Gasteiger partial charge is 0.477 e. The number of halogens is 3. The number of nitrogen functional groups attached to an aromatic ring is 1. The minimum atomic E-state index is -4.88. The van der Waals surface area contributed by atoms with Crippen LogP contribution in [-0.4, -0.2) is 35.9 Å². The first-order valence-corrected chi connectivity index (χ1v) is 8.61. The highest BCUT2D eigenvalue weighted by Gasteiger charge is 2.39. The molecule has 0 fully saturated rings. The topological polar surface area (TPSA) is 135 Å². The lowest BCUT2D eigenvalue weighted by molar-refractivity contribution is -0.274. The maximum Gasteiger partial charge on any atom is 0.573 e. The van der Waals surface area contributed by atoms with E-state index in [0.29, 0.717) is 0 Å². The normalized spacial score (nSPS) is 13.1. The predicted octanol–water partition coefficient (Wildman–Crippen LogP) is 2.30. The maximum absolute atomic E-state index is 13.0. The van der Waals surface area contributed by atoms with Gasteiger partial charge in [-0.25, -0.2) is 4.98 Å². The number of likely N-dealkylation sites (N-methyl/N-ethyl adjacent to an activating group) is 1. The number of hydrogen-bond acceptors (Lipinski definition) is 8. The molecule has 0 radical (unpaired) electrons. The highest BCUT2D eigenvalue weighted by atomic mass is 19.4. The second-order valence-corrected chi connectivity index (χ2v) is 6.06. The van der Waals surface area contributed by atoms with Gasteiger partial charge in [-0.3, -0.25) is 4.79 Å². The van der Waals surface area contributed by atoms with E-state index in [9.17, 15) is 23.2 Å². The van der Waals surface area contributed by atoms with Crippen LogP contribution in [-0.2, 0) is 10.3 Å². The van der Waals surface area contributed by atoms with E-state index in [-0.39, 0.29) is 35.4 Å². The summed E-state index contributed by atoms with van der Waals surface area (Å²) in [6.45, 7) is 3.30. The molecule has 30 heavy (non-hydrogen) atoms. The van der Waals surface area contributed by atoms with Gasteiger partial charge in [0.25, 0.3) is 5.91 Å². The molecule has 0 spiro atoms. The largest absolute Gasteiger partial charge is 0.573 e. The fraction of sp³-hybridized carbons (Fsp3) is 0.333. The Balaban J connectivity index is 2.43. The summed E-state index contributed by atoms with van der Waals surface area (Å²) in [5.74, 6) is -1.53. The van der Waals surface area contributed by atoms with Crippen LogP contribution in [0.25, 0.3) is 0 Å². The molecule has 2 rings (SSSR count). The van der Waals surface area contributed by atoms with Crippen molar-refractivity contribution < 1.29 is 27.4 Å². The second-order valence-electron chi connectivity index (χ2n) is 6.06. The Morgan fingerprint density at radius 1 is 1.33 bits per heavy atom. The van der Waals surface area contributed by atoms with Crippen LogP contribution in [0.5, 0.6) is 11.6 Å². The lowest BCUT2D eigenvalue weighted by Gasteiger charge is -2.28. The molecule has 0 bridgehead atoms. The monoisotopic (exact) mass is 424 g/mol. The minimum absolute atomic E-state index is 0.0359. The molecule has 0 aliphatic carbocycles. The molecule has 4 N–H and O–H groups in total. The molecular formula is C18H19F3N6O3. The van der Waals surface area contributed by atoms with Crippen molar-refractivity contribution in [1.82, 2.24) is 15.3 Å². The van der Waals surface area contributed by atoms with Gasteiger partial charge in [0.1, 0.15) is 22.9 Å². The Morgan fingerprint density at radius 2 is 2.03 bits per heavy atom. The summed E-state index contributed by atoms with van der Waals surface area (Å²) < 4.78 is 46.5. The number of nitrogens with zero attached hydrogens (tertiary/aromatic N) is 3. The van der Waals surface area contributed by atoms with Gasteiger partial charge in [0.15, 0.2) is 0 Å². The van der Waals surface area contributed by atoms with Crippen LogP contribution >= 0.6 is 0 Å². The number of nitrogens with one attached hydrogen (secondary N) is 2. The van der Waals surface area contributed by atoms with Crippen molar-refractivity contribution in [2.75, 3.05) is 24.7 Å². The van der Waals surface area contributed by atoms with Gasteiger partial charge in [0, 0.05) is 11.8 Å². The zero-order valence-electron chi connectivity index (χ0n) is 16.3. The molecule has 9 nitrogen and oxygen atoms in total. The van der Waals surface area contributed by atoms with Gasteiger partial charge in [0.2, 0.25) is 11.8 Å². The molecule has 160 valence electrons. The van der Waals surface area contributed by atoms with Crippen LogP contribution in [0.1, 0.15) is 25.1 Å². The number of nitrogens with two attached hydrogens (primary N) is 1. The van der Waals surface area contributed by atoms with E-state index in [1.54, 1.807) is 6.92 Å². The van der Waals surface area contributed by atoms with Gasteiger partial charge in [-0.05, 0) is 33.0 Å². The number of hydrogen-bond donors (Lipinski definition) is 3. The first kappa shape index (κ1) is 22.7. The van der Waals surface area contributed by atoms with Crippen molar-refractivity contribution in [3.05, 3.63) is 35.5 Å². The number of alkyl halides is 3. The molecule has 0 unspecified atom stereocenters. The minimum Gasteiger partial charge on any atom is -0.477 e. The average molecular weight is 424 g/mol. The van der Waals surface area contributed by atoms with Crippen molar-refractivity contribution in [1.29, 1.82) is 5.26 Å². The Bertz CT molecular complexity index is 977. The van der Waals surface area contributed by atoms with E-state index >= 15 is 0 Å². The van der Waals surface area contributed by atoms with Crippen LogP contribution in [0.15, 0.2) is 24.3 Å². The number of rotatable bonds is 7. The van der Waals surface area contributed by atoms with Crippen LogP contribution in [0.2, 0.25) is 0 Å². The van der Waals surface area contributed by atoms with E-state index in [4.69, 9.17) is 10.5 Å². The number of benzene rings is 1. The standard InChI is InChI=1S/C18H19F3N6O3/c1-4-29-14-12(9-22)13(26-16(23)27-14)17(2,24-3)15(28)25-10-6-5-7-11(8-10)30-18(19,20)21/h5-8,24H,4H2,1-3H3,(H,25,28)(H2,23,26,27)/t17-/m1/s1. The number of carbonyl (C=O) groups excluding carboxylic acids is 1. The van der Waals surface area contributed by atoms with Gasteiger partial charge in [-0.2, -0.15) is 10.2 Å². The van der Waals surface area contributed by atoms with E-state index < -0.39 is 23.6 Å². The fourth-order valence-electron chi connectivity index (χ4n) is 2.53. The molecule has 1 atom stereocenters. The molecule has 0 aliphatic rings. The van der Waals surface area contributed by atoms with E-state index in [1.807, 2.05) is 6.07 Å². The number of amides is 1. The van der Waals surface area contributed by atoms with Gasteiger partial charge in [-0.15, -0.1) is 13.2 Å². The summed E-state index contributed by atoms with van der Waals surface area (Å²) in [5.41, 5.74) is 3.98. The highest BCUT2D eigenvalue weighted by molar-refractivity contribution is 5.98. The number of nitriles is 1. The molecule has 1 heterocycles. The molecule has 0 saturated heterocycles. The maximum atomic E-state index is 13.0. The van der Waals surface area contributed by atoms with Crippen LogP contribution < -0.4 is 25.8 Å². The summed E-state index contributed by atoms with van der Waals surface area (Å²) in [5, 5.41) is 14.8. The molecule has 12 heteroatoms. The zero-order chi connectivity index (χ0) is 22.5. The molecule has 1 aromatic carbocycles. The quantitative estimate of drug-likeness (QED) is 0.616. The Morgan fingerprint density at radius 3 is 2.60 bits per heavy atom. The highest BCUT2D eigenvalue weighted by Crippen LogP contribution is 2.30. The van der Waals surface area contributed by atoms with Gasteiger partial charge >= 0.3 is 6.36 Å². The molecule has 1 amide bonds. The van der Waals surface area contributed by atoms with Crippen LogP contribution in [0, 0.1) is 11.3 Å². The molecule has 2 aromatic rings. The Hall–Kier alpha value is -3.59. The van der Waals surface area contributed by atoms with Crippen LogP contribution in [0.3, 0.4) is 0 Å². The predicted molar refractivity (Wildman–Crippen MR) is 100 cm³/mol. The Kier molecular flexibility index (Phi) is 6.68. The van der Waals surface area contributed by atoms with E-state index in [0.717, 1.165) is 12.1 Å². The lowest BCUT2D eigenvalue weighted by atomic mass is 9.92. The summed E-state index contributed by atoms with van der Waals surface area (Å²) in [6.07, 6.45) is -4.88. The lowest BCUT2D eigenvalue weighted by Crippen LogP contribution is -2.49. The first-order valence-electron chi connectivity index (χ1n) is 8.61. The number of anilines is 2. The third-order valence-electron chi connectivity index (χ3n) is 4.04. The summed E-state index contributed by atoms with van der Waals surface area (Å²) in [6, 6.07) is 6.66. The zero-order valence-corrected chi connectivity index (χ0v) is 16.3. The number of ether oxygens (including phenoxy) is 2. The molecule has 0 saturated carbocycles. The number of carbonyl (C=O) groups is 1. The third kappa shape index (κ3) is 5.06. The first-order chi connectivity index (χ1) is 14.0. The van der Waals surface area contributed by atoms with E-state index in [1.165, 1.54) is 26.1 Å². The van der Waals surface area contributed by atoms with E-state index in [2.05, 4.69) is 25.3 Å². The summed E-state index contributed by atoms with van der Waals surface area (Å²) in [4.78, 5) is 20.9. The van der Waals surface area contributed by atoms with Crippen molar-refractivity contribution >= 4 is 17.5 Å². The number of aromatic nitrogens is 2. The summed E-state index contributed by atoms with van der Waals surface area (Å²) >= 11 is 0. The molecular weight excluding hydrogens is 405 g/mol. The second kappa shape index (κ2) is 8.83. The van der Waals surface area contributed by atoms with Gasteiger partial charge in [0.05, 0.1) is 12.3 Å². The van der Waals surface area contributed by atoms with Gasteiger partial charge < -0.3 is 25.8 Å². The van der Waals surface area contributed by atoms with Crippen molar-refractivity contribution in [3.8, 4) is 17.7 Å². The summed E-state index contributed by atoms with van der Waals surface area (Å²) in [7, 11) is 1.45. The fourth-order valence-corrected chi connectivity index (χ4v) is 2.53. The van der Waals surface area contributed by atoms with Crippen LogP contribution in [0.4, 0.5) is 24.8 Å². The van der Waals surface area contributed by atoms with Crippen molar-refractivity contribution in [2.45, 2.75) is 25.7 Å². The van der Waals surface area contributed by atoms with Crippen molar-refractivity contribution in [2.24, 2.45) is 0 Å². The average Bonchev–Trinajstić information content (AvgIpc) is 2.66. The van der Waals surface area contributed by atoms with Crippen molar-refractivity contribution in [3.63, 3.8) is 0 Å². The third-order valence-corrected chi connectivity index (χ3v) is 4.04. The Labute approximate surface area is 170 Å². The molecule has 1 aromatic heterocycles. The van der Waals surface area contributed by atoms with Gasteiger partial charge in [-0.1, -0.05) is 6.07 Å². The SMILES string of the molecule is CCOc1nc(N)nc([C@@](C)(NC)C(=O)Nc2cccc(OC(F)(F)F)c2)c1C#N.